The van der Waals surface area contributed by atoms with Crippen LogP contribution in [0.1, 0.15) is 25.0 Å². The van der Waals surface area contributed by atoms with Crippen LogP contribution in [-0.2, 0) is 27.1 Å². The van der Waals surface area contributed by atoms with E-state index < -0.39 is 10.0 Å². The Kier molecular flexibility index (Phi) is 9.36. The fourth-order valence-electron chi connectivity index (χ4n) is 2.01. The Balaban J connectivity index is 2.68. The van der Waals surface area contributed by atoms with Gasteiger partial charge in [0.25, 0.3) is 0 Å². The van der Waals surface area contributed by atoms with Crippen molar-refractivity contribution >= 4 is 16.0 Å². The first kappa shape index (κ1) is 20.4. The topological polar surface area (TPSA) is 91.8 Å². The summed E-state index contributed by atoms with van der Waals surface area (Å²) in [6, 6.07) is 7.44. The van der Waals surface area contributed by atoms with Crippen molar-refractivity contribution in [2.45, 2.75) is 26.1 Å². The first-order valence-corrected chi connectivity index (χ1v) is 9.75. The summed E-state index contributed by atoms with van der Waals surface area (Å²) in [6.45, 7) is 7.19. The molecule has 136 valence electrons. The Bertz CT molecular complexity index is 618. The number of nitrogens with zero attached hydrogens (tertiary/aromatic N) is 1. The summed E-state index contributed by atoms with van der Waals surface area (Å²) in [5.74, 6) is 0.679. The Morgan fingerprint density at radius 3 is 2.62 bits per heavy atom. The number of benzene rings is 1. The molecule has 1 aromatic rings. The Morgan fingerprint density at radius 1 is 1.21 bits per heavy atom. The van der Waals surface area contributed by atoms with E-state index >= 15 is 0 Å². The van der Waals surface area contributed by atoms with Gasteiger partial charge in [0.1, 0.15) is 0 Å². The van der Waals surface area contributed by atoms with Gasteiger partial charge in [0, 0.05) is 19.7 Å². The molecule has 0 spiro atoms. The van der Waals surface area contributed by atoms with Crippen LogP contribution in [0.4, 0.5) is 0 Å². The molecule has 0 heterocycles. The number of ether oxygens (including phenoxy) is 1. The third kappa shape index (κ3) is 8.28. The van der Waals surface area contributed by atoms with Crippen LogP contribution in [0, 0.1) is 0 Å². The van der Waals surface area contributed by atoms with Gasteiger partial charge in [-0.05, 0) is 32.0 Å². The summed E-state index contributed by atoms with van der Waals surface area (Å²) in [7, 11) is -1.85. The van der Waals surface area contributed by atoms with E-state index in [1.54, 1.807) is 6.07 Å². The zero-order chi connectivity index (χ0) is 17.8. The number of aliphatic imine (C=N–C) groups is 1. The highest BCUT2D eigenvalue weighted by Gasteiger charge is 2.08. The number of hydrogen-bond donors (Lipinski definition) is 3. The molecule has 7 nitrogen and oxygen atoms in total. The Hall–Kier alpha value is -1.64. The second-order valence-electron chi connectivity index (χ2n) is 5.10. The van der Waals surface area contributed by atoms with Gasteiger partial charge in [-0.15, -0.1) is 0 Å². The molecule has 0 aliphatic heterocycles. The lowest BCUT2D eigenvalue weighted by atomic mass is 10.1. The lowest BCUT2D eigenvalue weighted by molar-refractivity contribution is 0.152. The van der Waals surface area contributed by atoms with Gasteiger partial charge in [-0.2, -0.15) is 0 Å². The maximum atomic E-state index is 11.6. The number of rotatable bonds is 10. The normalized spacial score (nSPS) is 12.2. The second-order valence-corrected chi connectivity index (χ2v) is 7.03. The number of nitrogens with one attached hydrogen (secondary N) is 3. The standard InChI is InChI=1S/C16H28N4O3S/c1-4-18-16(19-9-10-23-5-2)20-12-14-7-6-8-15(11-14)13-24(21,22)17-3/h6-8,11,17H,4-5,9-10,12-13H2,1-3H3,(H2,18,19,20). The molecular weight excluding hydrogens is 328 g/mol. The van der Waals surface area contributed by atoms with Crippen LogP contribution < -0.4 is 15.4 Å². The molecule has 8 heteroatoms. The van der Waals surface area contributed by atoms with E-state index in [9.17, 15) is 8.42 Å². The van der Waals surface area contributed by atoms with E-state index in [1.807, 2.05) is 32.0 Å². The second kappa shape index (κ2) is 11.0. The van der Waals surface area contributed by atoms with E-state index in [1.165, 1.54) is 7.05 Å². The fraction of sp³-hybridized carbons (Fsp3) is 0.562. The molecule has 0 aliphatic rings. The summed E-state index contributed by atoms with van der Waals surface area (Å²) in [4.78, 5) is 4.51. The predicted molar refractivity (Wildman–Crippen MR) is 97.4 cm³/mol. The zero-order valence-corrected chi connectivity index (χ0v) is 15.4. The van der Waals surface area contributed by atoms with Gasteiger partial charge in [-0.3, -0.25) is 0 Å². The highest BCUT2D eigenvalue weighted by atomic mass is 32.2. The summed E-state index contributed by atoms with van der Waals surface area (Å²) < 4.78 is 30.9. The first-order valence-electron chi connectivity index (χ1n) is 8.09. The minimum atomic E-state index is -3.27. The van der Waals surface area contributed by atoms with Crippen molar-refractivity contribution < 1.29 is 13.2 Å². The summed E-state index contributed by atoms with van der Waals surface area (Å²) >= 11 is 0. The molecule has 0 saturated heterocycles. The zero-order valence-electron chi connectivity index (χ0n) is 14.6. The molecule has 0 saturated carbocycles. The molecule has 0 unspecified atom stereocenters. The molecular formula is C16H28N4O3S. The molecule has 0 aromatic heterocycles. The van der Waals surface area contributed by atoms with Gasteiger partial charge in [-0.1, -0.05) is 24.3 Å². The van der Waals surface area contributed by atoms with Gasteiger partial charge in [0.15, 0.2) is 5.96 Å². The monoisotopic (exact) mass is 356 g/mol. The quantitative estimate of drug-likeness (QED) is 0.328. The predicted octanol–water partition coefficient (Wildman–Crippen LogP) is 0.827. The molecule has 0 radical (unpaired) electrons. The van der Waals surface area contributed by atoms with E-state index in [0.29, 0.717) is 32.3 Å². The van der Waals surface area contributed by atoms with Gasteiger partial charge < -0.3 is 15.4 Å². The molecule has 3 N–H and O–H groups in total. The molecule has 24 heavy (non-hydrogen) atoms. The van der Waals surface area contributed by atoms with Gasteiger partial charge in [-0.25, -0.2) is 18.1 Å². The van der Waals surface area contributed by atoms with Crippen LogP contribution in [0.2, 0.25) is 0 Å². The van der Waals surface area contributed by atoms with Crippen molar-refractivity contribution in [3.8, 4) is 0 Å². The molecule has 0 amide bonds. The maximum absolute atomic E-state index is 11.6. The Morgan fingerprint density at radius 2 is 1.96 bits per heavy atom. The fourth-order valence-corrected chi connectivity index (χ4v) is 2.77. The lowest BCUT2D eigenvalue weighted by Crippen LogP contribution is -2.39. The van der Waals surface area contributed by atoms with E-state index in [-0.39, 0.29) is 5.75 Å². The Labute approximate surface area is 145 Å². The highest BCUT2D eigenvalue weighted by molar-refractivity contribution is 7.88. The van der Waals surface area contributed by atoms with Crippen molar-refractivity contribution in [2.24, 2.45) is 4.99 Å². The number of hydrogen-bond acceptors (Lipinski definition) is 4. The number of sulfonamides is 1. The smallest absolute Gasteiger partial charge is 0.215 e. The van der Waals surface area contributed by atoms with Gasteiger partial charge in [0.05, 0.1) is 18.9 Å². The third-order valence-corrected chi connectivity index (χ3v) is 4.50. The average Bonchev–Trinajstić information content (AvgIpc) is 2.56. The highest BCUT2D eigenvalue weighted by Crippen LogP contribution is 2.09. The van der Waals surface area contributed by atoms with E-state index in [2.05, 4.69) is 20.3 Å². The van der Waals surface area contributed by atoms with E-state index in [4.69, 9.17) is 4.74 Å². The minimum absolute atomic E-state index is 0.0340. The van der Waals surface area contributed by atoms with Crippen LogP contribution in [0.3, 0.4) is 0 Å². The average molecular weight is 356 g/mol. The van der Waals surface area contributed by atoms with Crippen molar-refractivity contribution in [3.63, 3.8) is 0 Å². The molecule has 0 bridgehead atoms. The first-order chi connectivity index (χ1) is 11.5. The van der Waals surface area contributed by atoms with Crippen LogP contribution in [0.15, 0.2) is 29.3 Å². The number of guanidine groups is 1. The van der Waals surface area contributed by atoms with Crippen LogP contribution in [0.25, 0.3) is 0 Å². The van der Waals surface area contributed by atoms with Crippen molar-refractivity contribution in [3.05, 3.63) is 35.4 Å². The summed E-state index contributed by atoms with van der Waals surface area (Å²) in [6.07, 6.45) is 0. The van der Waals surface area contributed by atoms with Crippen molar-refractivity contribution in [1.82, 2.24) is 15.4 Å². The molecule has 0 atom stereocenters. The van der Waals surface area contributed by atoms with Gasteiger partial charge >= 0.3 is 0 Å². The largest absolute Gasteiger partial charge is 0.380 e. The summed E-state index contributed by atoms with van der Waals surface area (Å²) in [5.41, 5.74) is 1.70. The van der Waals surface area contributed by atoms with Crippen LogP contribution >= 0.6 is 0 Å². The minimum Gasteiger partial charge on any atom is -0.380 e. The van der Waals surface area contributed by atoms with Crippen LogP contribution in [0.5, 0.6) is 0 Å². The van der Waals surface area contributed by atoms with E-state index in [0.717, 1.165) is 17.7 Å². The summed E-state index contributed by atoms with van der Waals surface area (Å²) in [5, 5.41) is 6.36. The molecule has 0 aliphatic carbocycles. The van der Waals surface area contributed by atoms with Crippen molar-refractivity contribution in [2.75, 3.05) is 33.4 Å². The molecule has 1 rings (SSSR count). The van der Waals surface area contributed by atoms with Crippen LogP contribution in [-0.4, -0.2) is 47.7 Å². The molecule has 1 aromatic carbocycles. The third-order valence-electron chi connectivity index (χ3n) is 3.17. The SMILES string of the molecule is CCNC(=NCc1cccc(CS(=O)(=O)NC)c1)NCCOCC. The van der Waals surface area contributed by atoms with Gasteiger partial charge in [0.2, 0.25) is 10.0 Å². The lowest BCUT2D eigenvalue weighted by Gasteiger charge is -2.11. The molecule has 0 fully saturated rings. The maximum Gasteiger partial charge on any atom is 0.215 e. The van der Waals surface area contributed by atoms with Crippen molar-refractivity contribution in [1.29, 1.82) is 0 Å².